The fraction of sp³-hybridized carbons (Fsp3) is 0.162. The zero-order valence-corrected chi connectivity index (χ0v) is 33.1. The summed E-state index contributed by atoms with van der Waals surface area (Å²) in [7, 11) is -9.58. The summed E-state index contributed by atoms with van der Waals surface area (Å²) in [6.45, 7) is 10.9. The number of nitrogens with one attached hydrogen (secondary N) is 1. The van der Waals surface area contributed by atoms with E-state index in [1.54, 1.807) is 63.2 Å². The molecule has 4 aromatic carbocycles. The van der Waals surface area contributed by atoms with Crippen molar-refractivity contribution in [2.24, 2.45) is 4.99 Å². The zero-order valence-electron chi connectivity index (χ0n) is 28.4. The maximum atomic E-state index is 12.9. The Labute approximate surface area is 320 Å². The molecule has 3 N–H and O–H groups in total. The number of fused-ring (bicyclic) bond motifs is 2. The van der Waals surface area contributed by atoms with Crippen LogP contribution in [-0.4, -0.2) is 25.9 Å². The van der Waals surface area contributed by atoms with Gasteiger partial charge in [0.05, 0.1) is 31.1 Å². The van der Waals surface area contributed by atoms with Crippen molar-refractivity contribution in [3.8, 4) is 22.5 Å². The van der Waals surface area contributed by atoms with Crippen molar-refractivity contribution in [2.45, 2.75) is 51.3 Å². The second kappa shape index (κ2) is 13.6. The second-order valence-corrected chi connectivity index (χ2v) is 16.8. The fourth-order valence-corrected chi connectivity index (χ4v) is 9.85. The van der Waals surface area contributed by atoms with E-state index in [2.05, 4.69) is 5.32 Å². The van der Waals surface area contributed by atoms with Gasteiger partial charge in [0.1, 0.15) is 21.1 Å². The molecule has 0 unspecified atom stereocenters. The van der Waals surface area contributed by atoms with E-state index in [-0.39, 0.29) is 42.4 Å². The number of hydrogen-bond acceptors (Lipinski definition) is 7. The topological polar surface area (TPSA) is 146 Å². The van der Waals surface area contributed by atoms with Gasteiger partial charge in [-0.15, -0.1) is 0 Å². The highest BCUT2D eigenvalue weighted by molar-refractivity contribution is 7.86. The highest BCUT2D eigenvalue weighted by atomic mass is 35.5. The lowest BCUT2D eigenvalue weighted by atomic mass is 9.93. The van der Waals surface area contributed by atoms with E-state index in [1.807, 2.05) is 32.9 Å². The Morgan fingerprint density at radius 3 is 1.88 bits per heavy atom. The molecule has 9 nitrogen and oxygen atoms in total. The molecule has 1 aliphatic carbocycles. The molecule has 0 radical (unpaired) electrons. The first-order valence-corrected chi connectivity index (χ1v) is 19.9. The normalized spacial score (nSPS) is 12.7. The Kier molecular flexibility index (Phi) is 9.99. The van der Waals surface area contributed by atoms with Gasteiger partial charge in [-0.1, -0.05) is 70.2 Å². The summed E-state index contributed by atoms with van der Waals surface area (Å²) in [6, 6.07) is 15.7. The van der Waals surface area contributed by atoms with Gasteiger partial charge >= 0.3 is 0 Å². The van der Waals surface area contributed by atoms with Gasteiger partial charge in [0, 0.05) is 45.6 Å². The average Bonchev–Trinajstić information content (AvgIpc) is 3.02. The number of aryl methyl sites for hydroxylation is 5. The highest BCUT2D eigenvalue weighted by Crippen LogP contribution is 2.52. The van der Waals surface area contributed by atoms with Crippen molar-refractivity contribution in [3.05, 3.63) is 113 Å². The number of hydrogen-bond donors (Lipinski definition) is 3. The minimum absolute atomic E-state index is 0.201. The minimum atomic E-state index is -5.04. The molecule has 270 valence electrons. The van der Waals surface area contributed by atoms with Crippen LogP contribution in [0.25, 0.3) is 33.4 Å². The lowest BCUT2D eigenvalue weighted by molar-refractivity contribution is 0.480. The van der Waals surface area contributed by atoms with Crippen LogP contribution in [0.3, 0.4) is 0 Å². The molecule has 0 aromatic heterocycles. The van der Waals surface area contributed by atoms with Crippen LogP contribution >= 0.6 is 46.4 Å². The summed E-state index contributed by atoms with van der Waals surface area (Å²) >= 11 is 26.0. The number of halogens is 4. The number of benzene rings is 5. The fourth-order valence-electron chi connectivity index (χ4n) is 6.75. The monoisotopic (exact) mass is 818 g/mol. The van der Waals surface area contributed by atoms with Crippen LogP contribution < -0.4 is 10.7 Å². The Hall–Kier alpha value is -3.65. The smallest absolute Gasteiger partial charge is 0.296 e. The van der Waals surface area contributed by atoms with Gasteiger partial charge in [0.25, 0.3) is 20.2 Å². The molecule has 0 amide bonds. The molecule has 1 aliphatic heterocycles. The predicted octanol–water partition coefficient (Wildman–Crippen LogP) is 11.1. The van der Waals surface area contributed by atoms with E-state index in [1.165, 1.54) is 0 Å². The van der Waals surface area contributed by atoms with E-state index in [0.717, 1.165) is 22.4 Å². The molecule has 0 bridgehead atoms. The summed E-state index contributed by atoms with van der Waals surface area (Å²) in [4.78, 5) is 3.94. The molecular formula is C37H30Cl4N2O7S2. The Morgan fingerprint density at radius 1 is 0.654 bits per heavy atom. The van der Waals surface area contributed by atoms with Crippen molar-refractivity contribution >= 4 is 94.7 Å². The maximum Gasteiger partial charge on any atom is 0.296 e. The zero-order chi connectivity index (χ0) is 38.2. The first-order valence-electron chi connectivity index (χ1n) is 15.5. The molecule has 52 heavy (non-hydrogen) atoms. The molecule has 0 atom stereocenters. The molecule has 0 saturated carbocycles. The minimum Gasteiger partial charge on any atom is -0.456 e. The van der Waals surface area contributed by atoms with Crippen LogP contribution in [0.4, 0.5) is 17.1 Å². The molecule has 0 saturated heterocycles. The number of rotatable bonds is 6. The Morgan fingerprint density at radius 2 is 1.27 bits per heavy atom. The molecule has 4 aromatic rings. The summed E-state index contributed by atoms with van der Waals surface area (Å²) in [5.74, 6) is 0.263. The second-order valence-electron chi connectivity index (χ2n) is 12.6. The van der Waals surface area contributed by atoms with Gasteiger partial charge < -0.3 is 9.73 Å². The van der Waals surface area contributed by atoms with Crippen molar-refractivity contribution in [1.82, 2.24) is 0 Å². The maximum absolute atomic E-state index is 12.9. The summed E-state index contributed by atoms with van der Waals surface area (Å²) in [5.41, 5.74) is 6.74. The lowest BCUT2D eigenvalue weighted by Crippen LogP contribution is -2.08. The third-order valence-corrected chi connectivity index (χ3v) is 12.7. The van der Waals surface area contributed by atoms with Gasteiger partial charge in [-0.3, -0.25) is 9.11 Å². The average molecular weight is 821 g/mol. The summed E-state index contributed by atoms with van der Waals surface area (Å²) in [6.07, 6.45) is 0. The number of nitrogens with zero attached hydrogens (tertiary/aromatic N) is 1. The van der Waals surface area contributed by atoms with Crippen molar-refractivity contribution in [1.29, 1.82) is 0 Å². The molecule has 6 rings (SSSR count). The third-order valence-electron chi connectivity index (χ3n) is 8.74. The molecular weight excluding hydrogens is 790 g/mol. The van der Waals surface area contributed by atoms with Crippen LogP contribution in [-0.2, 0) is 20.2 Å². The quantitative estimate of drug-likeness (QED) is 0.0651. The lowest BCUT2D eigenvalue weighted by Gasteiger charge is -2.21. The van der Waals surface area contributed by atoms with Crippen molar-refractivity contribution in [2.75, 3.05) is 5.32 Å². The SMILES string of the molecule is Cc1cc(C)c(N=c2ccc3c(-c4c(Cl)c(Cl)c(Cl)c(Cl)c4S(=O)(=O)O)c4ccc(Nc5c(C)cc(C)c(S(=O)(=O)O)c5C)cc4oc-3c2)c(C)c1. The molecule has 0 spiro atoms. The van der Waals surface area contributed by atoms with Crippen molar-refractivity contribution in [3.63, 3.8) is 0 Å². The van der Waals surface area contributed by atoms with Crippen LogP contribution in [0.2, 0.25) is 20.1 Å². The molecule has 1 heterocycles. The van der Waals surface area contributed by atoms with E-state index in [4.69, 9.17) is 55.8 Å². The van der Waals surface area contributed by atoms with E-state index in [9.17, 15) is 25.9 Å². The molecule has 0 fully saturated rings. The predicted molar refractivity (Wildman–Crippen MR) is 208 cm³/mol. The standard InChI is InChI=1S/C37H30Cl4N2O7S2/c1-16-11-17(2)34(18(3)12-16)42-22-7-9-24-26(14-22)50-27-15-23(43-35-19(4)13-20(5)36(21(35)6)51(44,45)46)8-10-25(27)28(24)29-30(38)31(39)32(40)33(41)37(29)52(47,48)49/h7-15,43H,1-6H3,(H,44,45,46)(H,47,48,49). The largest absolute Gasteiger partial charge is 0.456 e. The van der Waals surface area contributed by atoms with E-state index in [0.29, 0.717) is 44.4 Å². The third kappa shape index (κ3) is 6.81. The van der Waals surface area contributed by atoms with Gasteiger partial charge in [0.2, 0.25) is 0 Å². The van der Waals surface area contributed by atoms with Crippen LogP contribution in [0.15, 0.2) is 73.8 Å². The summed E-state index contributed by atoms with van der Waals surface area (Å²) < 4.78 is 77.2. The Balaban J connectivity index is 1.70. The highest BCUT2D eigenvalue weighted by Gasteiger charge is 2.32. The van der Waals surface area contributed by atoms with Gasteiger partial charge in [-0.2, -0.15) is 16.8 Å². The first-order chi connectivity index (χ1) is 24.2. The van der Waals surface area contributed by atoms with E-state index < -0.39 is 30.2 Å². The van der Waals surface area contributed by atoms with Crippen LogP contribution in [0.1, 0.15) is 33.4 Å². The van der Waals surface area contributed by atoms with Gasteiger partial charge in [-0.25, -0.2) is 4.99 Å². The Bertz CT molecular complexity index is 2760. The van der Waals surface area contributed by atoms with Crippen LogP contribution in [0.5, 0.6) is 0 Å². The first kappa shape index (κ1) is 38.1. The number of anilines is 2. The summed E-state index contributed by atoms with van der Waals surface area (Å²) in [5, 5.41) is 2.74. The van der Waals surface area contributed by atoms with Gasteiger partial charge in [-0.05, 0) is 93.6 Å². The van der Waals surface area contributed by atoms with Crippen molar-refractivity contribution < 1.29 is 30.4 Å². The molecule has 15 heteroatoms. The van der Waals surface area contributed by atoms with E-state index >= 15 is 0 Å². The van der Waals surface area contributed by atoms with Gasteiger partial charge in [0.15, 0.2) is 0 Å². The molecule has 2 aliphatic rings. The van der Waals surface area contributed by atoms with Crippen LogP contribution in [0, 0.1) is 41.5 Å².